The van der Waals surface area contributed by atoms with Crippen molar-refractivity contribution in [2.45, 2.75) is 58.3 Å². The molecule has 0 spiro atoms. The number of allylic oxidation sites excluding steroid dienone is 1. The summed E-state index contributed by atoms with van der Waals surface area (Å²) in [6.07, 6.45) is 10.6. The number of hydrogen-bond donors (Lipinski definition) is 1. The fraction of sp³-hybridized carbons (Fsp3) is 0.600. The number of rotatable bonds is 11. The number of unbranched alkanes of at least 4 members (excludes halogenated alkanes) is 6. The van der Waals surface area contributed by atoms with Crippen molar-refractivity contribution in [2.24, 2.45) is 0 Å². The van der Waals surface area contributed by atoms with Gasteiger partial charge in [-0.25, -0.2) is 4.79 Å². The molecule has 0 fully saturated rings. The van der Waals surface area contributed by atoms with Gasteiger partial charge in [0.05, 0.1) is 6.26 Å². The van der Waals surface area contributed by atoms with Gasteiger partial charge in [-0.1, -0.05) is 32.3 Å². The quantitative estimate of drug-likeness (QED) is 0.202. The molecule has 5 heteroatoms. The summed E-state index contributed by atoms with van der Waals surface area (Å²) in [5.74, 6) is -1.11. The molecule has 20 heavy (non-hydrogen) atoms. The number of ether oxygens (including phenoxy) is 1. The summed E-state index contributed by atoms with van der Waals surface area (Å²) in [7, 11) is 0. The van der Waals surface area contributed by atoms with Gasteiger partial charge < -0.3 is 11.3 Å². The first-order valence-electron chi connectivity index (χ1n) is 6.77. The molecule has 0 aromatic heterocycles. The SMILES string of the molecule is C=C(C)C(=O)OC=CCCCCCCCCC(=O)O.[H-].[Na+]. The number of aliphatic carboxylic acids is 1. The molecule has 1 N–H and O–H groups in total. The first-order chi connectivity index (χ1) is 9.04. The van der Waals surface area contributed by atoms with Crippen LogP contribution >= 0.6 is 0 Å². The number of carboxylic acid groups (broad SMARTS) is 1. The molecule has 0 aliphatic heterocycles. The van der Waals surface area contributed by atoms with E-state index in [0.717, 1.165) is 44.9 Å². The maximum Gasteiger partial charge on any atom is 1.00 e. The molecule has 0 unspecified atom stereocenters. The molecule has 0 saturated carbocycles. The Balaban J connectivity index is -0.00000162. The van der Waals surface area contributed by atoms with E-state index in [-0.39, 0.29) is 37.4 Å². The average molecular weight is 292 g/mol. The second-order valence-corrected chi connectivity index (χ2v) is 4.61. The predicted molar refractivity (Wildman–Crippen MR) is 75.7 cm³/mol. The Morgan fingerprint density at radius 1 is 1.15 bits per heavy atom. The minimum atomic E-state index is -0.713. The third-order valence-electron chi connectivity index (χ3n) is 2.63. The molecule has 0 heterocycles. The Hall–Kier alpha value is -0.580. The minimum Gasteiger partial charge on any atom is -1.00 e. The van der Waals surface area contributed by atoms with Gasteiger partial charge >= 0.3 is 41.5 Å². The third-order valence-corrected chi connectivity index (χ3v) is 2.63. The summed E-state index contributed by atoms with van der Waals surface area (Å²) < 4.78 is 4.81. The number of esters is 1. The fourth-order valence-corrected chi connectivity index (χ4v) is 1.52. The molecule has 0 aliphatic rings. The van der Waals surface area contributed by atoms with E-state index in [1.54, 1.807) is 6.92 Å². The second kappa shape index (κ2) is 14.8. The van der Waals surface area contributed by atoms with Gasteiger partial charge in [-0.05, 0) is 32.3 Å². The van der Waals surface area contributed by atoms with Gasteiger partial charge in [-0.3, -0.25) is 4.79 Å². The van der Waals surface area contributed by atoms with Crippen LogP contribution < -0.4 is 29.6 Å². The van der Waals surface area contributed by atoms with Crippen LogP contribution in [0, 0.1) is 0 Å². The summed E-state index contributed by atoms with van der Waals surface area (Å²) in [6, 6.07) is 0. The molecule has 0 aliphatic carbocycles. The molecular weight excluding hydrogens is 267 g/mol. The van der Waals surface area contributed by atoms with E-state index in [9.17, 15) is 9.59 Å². The third kappa shape index (κ3) is 15.5. The number of carbonyl (C=O) groups excluding carboxylic acids is 1. The van der Waals surface area contributed by atoms with E-state index in [0.29, 0.717) is 5.57 Å². The van der Waals surface area contributed by atoms with Crippen LogP contribution in [0.3, 0.4) is 0 Å². The molecule has 4 nitrogen and oxygen atoms in total. The van der Waals surface area contributed by atoms with Gasteiger partial charge in [0.15, 0.2) is 0 Å². The Bertz CT molecular complexity index is 330. The summed E-state index contributed by atoms with van der Waals surface area (Å²) in [5, 5.41) is 8.46. The number of hydrogen-bond acceptors (Lipinski definition) is 3. The summed E-state index contributed by atoms with van der Waals surface area (Å²) in [6.45, 7) is 5.10. The Morgan fingerprint density at radius 3 is 2.25 bits per heavy atom. The first-order valence-corrected chi connectivity index (χ1v) is 6.77. The van der Waals surface area contributed by atoms with Crippen molar-refractivity contribution >= 4 is 11.9 Å². The van der Waals surface area contributed by atoms with Crippen LogP contribution in [0.15, 0.2) is 24.5 Å². The van der Waals surface area contributed by atoms with Crippen molar-refractivity contribution in [1.82, 2.24) is 0 Å². The molecule has 0 atom stereocenters. The molecule has 110 valence electrons. The standard InChI is InChI=1S/C15H24O4.Na.H/c1-13(2)15(18)19-12-10-8-6-4-3-5-7-9-11-14(16)17;;/h10,12H,1,3-9,11H2,2H3,(H,16,17);;/q;+1;-1. The Labute approximate surface area is 145 Å². The minimum absolute atomic E-state index is 0. The number of carboxylic acids is 1. The zero-order chi connectivity index (χ0) is 14.5. The summed E-state index contributed by atoms with van der Waals surface area (Å²) in [5.41, 5.74) is 0.394. The van der Waals surface area contributed by atoms with Crippen molar-refractivity contribution < 1.29 is 50.4 Å². The molecule has 0 saturated heterocycles. The van der Waals surface area contributed by atoms with Crippen molar-refractivity contribution in [3.8, 4) is 0 Å². The van der Waals surface area contributed by atoms with E-state index in [1.165, 1.54) is 6.26 Å². The van der Waals surface area contributed by atoms with Crippen LogP contribution in [0.1, 0.15) is 59.7 Å². The van der Waals surface area contributed by atoms with Crippen molar-refractivity contribution in [2.75, 3.05) is 0 Å². The van der Waals surface area contributed by atoms with E-state index in [4.69, 9.17) is 9.84 Å². The molecule has 0 bridgehead atoms. The summed E-state index contributed by atoms with van der Waals surface area (Å²) in [4.78, 5) is 21.3. The monoisotopic (exact) mass is 292 g/mol. The largest absolute Gasteiger partial charge is 1.00 e. The molecule has 0 radical (unpaired) electrons. The van der Waals surface area contributed by atoms with Crippen molar-refractivity contribution in [1.29, 1.82) is 0 Å². The molecule has 0 amide bonds. The fourth-order valence-electron chi connectivity index (χ4n) is 1.52. The van der Waals surface area contributed by atoms with Gasteiger partial charge in [-0.2, -0.15) is 0 Å². The molecule has 0 aromatic carbocycles. The second-order valence-electron chi connectivity index (χ2n) is 4.61. The zero-order valence-electron chi connectivity index (χ0n) is 13.7. The van der Waals surface area contributed by atoms with Crippen LogP contribution in [0.2, 0.25) is 0 Å². The van der Waals surface area contributed by atoms with E-state index in [2.05, 4.69) is 6.58 Å². The van der Waals surface area contributed by atoms with Gasteiger partial charge in [0.1, 0.15) is 0 Å². The summed E-state index contributed by atoms with van der Waals surface area (Å²) >= 11 is 0. The number of carbonyl (C=O) groups is 2. The van der Waals surface area contributed by atoms with Crippen LogP contribution in [0.4, 0.5) is 0 Å². The van der Waals surface area contributed by atoms with Crippen LogP contribution in [0.25, 0.3) is 0 Å². The Kier molecular flexibility index (Phi) is 16.1. The van der Waals surface area contributed by atoms with Crippen LogP contribution in [-0.4, -0.2) is 17.0 Å². The molecular formula is C15H25NaO4. The normalized spacial score (nSPS) is 10.1. The molecule has 0 rings (SSSR count). The van der Waals surface area contributed by atoms with Crippen LogP contribution in [0.5, 0.6) is 0 Å². The van der Waals surface area contributed by atoms with Crippen LogP contribution in [-0.2, 0) is 14.3 Å². The van der Waals surface area contributed by atoms with Crippen molar-refractivity contribution in [3.63, 3.8) is 0 Å². The zero-order valence-corrected chi connectivity index (χ0v) is 14.7. The van der Waals surface area contributed by atoms with E-state index in [1.807, 2.05) is 6.08 Å². The predicted octanol–water partition coefficient (Wildman–Crippen LogP) is 0.941. The van der Waals surface area contributed by atoms with Crippen molar-refractivity contribution in [3.05, 3.63) is 24.5 Å². The average Bonchev–Trinajstić information content (AvgIpc) is 2.35. The smallest absolute Gasteiger partial charge is 1.00 e. The van der Waals surface area contributed by atoms with E-state index >= 15 is 0 Å². The topological polar surface area (TPSA) is 63.6 Å². The van der Waals surface area contributed by atoms with E-state index < -0.39 is 11.9 Å². The maximum absolute atomic E-state index is 11.0. The van der Waals surface area contributed by atoms with Gasteiger partial charge in [0.25, 0.3) is 0 Å². The molecule has 0 aromatic rings. The first kappa shape index (κ1) is 21.7. The Morgan fingerprint density at radius 2 is 1.70 bits per heavy atom. The van der Waals surface area contributed by atoms with Gasteiger partial charge in [0, 0.05) is 12.0 Å². The maximum atomic E-state index is 11.0. The van der Waals surface area contributed by atoms with Gasteiger partial charge in [-0.15, -0.1) is 0 Å². The van der Waals surface area contributed by atoms with Gasteiger partial charge in [0.2, 0.25) is 0 Å².